The van der Waals surface area contributed by atoms with Gasteiger partial charge in [0.15, 0.2) is 0 Å². The molecule has 6 rings (SSSR count). The topological polar surface area (TPSA) is 131 Å². The normalized spacial score (nSPS) is 27.2. The number of carbonyl (C=O) groups excluding carboxylic acids is 3. The fraction of sp³-hybridized carbons (Fsp3) is 0.500. The first kappa shape index (κ1) is 21.5. The number of nitrogens with one attached hydrogen (secondary N) is 3. The molecule has 4 aliphatic rings. The van der Waals surface area contributed by atoms with Crippen molar-refractivity contribution < 1.29 is 14.4 Å². The molecule has 0 atom stereocenters. The smallest absolute Gasteiger partial charge is 0.315 e. The molecule has 5 N–H and O–H groups in total. The van der Waals surface area contributed by atoms with E-state index >= 15 is 0 Å². The summed E-state index contributed by atoms with van der Waals surface area (Å²) in [5, 5.41) is 13.0. The molecule has 0 radical (unpaired) electrons. The van der Waals surface area contributed by atoms with Crippen LogP contribution in [0.25, 0.3) is 5.69 Å². The summed E-state index contributed by atoms with van der Waals surface area (Å²) in [5.74, 6) is 1.55. The Hall–Kier alpha value is -3.36. The van der Waals surface area contributed by atoms with Crippen LogP contribution in [-0.2, 0) is 4.79 Å². The zero-order valence-corrected chi connectivity index (χ0v) is 18.5. The van der Waals surface area contributed by atoms with E-state index in [0.717, 1.165) is 42.7 Å². The number of urea groups is 1. The van der Waals surface area contributed by atoms with Gasteiger partial charge in [-0.15, -0.1) is 0 Å². The van der Waals surface area contributed by atoms with Gasteiger partial charge < -0.3 is 21.7 Å². The van der Waals surface area contributed by atoms with Crippen molar-refractivity contribution in [1.82, 2.24) is 20.4 Å². The molecule has 1 aromatic heterocycles. The van der Waals surface area contributed by atoms with Crippen molar-refractivity contribution in [3.8, 4) is 5.69 Å². The van der Waals surface area contributed by atoms with Crippen LogP contribution in [0.5, 0.6) is 0 Å². The van der Waals surface area contributed by atoms with Crippen molar-refractivity contribution in [3.63, 3.8) is 0 Å². The molecule has 4 bridgehead atoms. The third-order valence-corrected chi connectivity index (χ3v) is 7.31. The average Bonchev–Trinajstić information content (AvgIpc) is 3.23. The quantitative estimate of drug-likeness (QED) is 0.516. The van der Waals surface area contributed by atoms with Gasteiger partial charge >= 0.3 is 6.03 Å². The summed E-state index contributed by atoms with van der Waals surface area (Å²) in [6, 6.07) is 8.46. The fourth-order valence-corrected chi connectivity index (χ4v) is 6.36. The molecule has 9 nitrogen and oxygen atoms in total. The van der Waals surface area contributed by atoms with Crippen LogP contribution in [0.2, 0.25) is 0 Å². The Kier molecular flexibility index (Phi) is 5.55. The first-order chi connectivity index (χ1) is 15.9. The highest BCUT2D eigenvalue weighted by Crippen LogP contribution is 2.55. The molecule has 9 heteroatoms. The van der Waals surface area contributed by atoms with Crippen LogP contribution < -0.4 is 21.7 Å². The third kappa shape index (κ3) is 4.72. The van der Waals surface area contributed by atoms with Gasteiger partial charge in [-0.25, -0.2) is 9.48 Å². The SMILES string of the molecule is NC(=O)c1ccn(-c2ccc(NC(=O)CCNC(=O)NC34CC5CC(CC(C5)C3)C4)cc2)n1. The lowest BCUT2D eigenvalue weighted by Gasteiger charge is -2.56. The predicted octanol–water partition coefficient (Wildman–Crippen LogP) is 2.57. The minimum Gasteiger partial charge on any atom is -0.364 e. The number of nitrogens with zero attached hydrogens (tertiary/aromatic N) is 2. The van der Waals surface area contributed by atoms with Gasteiger partial charge in [0.2, 0.25) is 5.91 Å². The Labute approximate surface area is 192 Å². The zero-order chi connectivity index (χ0) is 23.0. The predicted molar refractivity (Wildman–Crippen MR) is 123 cm³/mol. The molecular weight excluding hydrogens is 420 g/mol. The number of hydrogen-bond acceptors (Lipinski definition) is 4. The molecule has 4 aliphatic carbocycles. The number of primary amides is 1. The van der Waals surface area contributed by atoms with Crippen LogP contribution in [0.3, 0.4) is 0 Å². The van der Waals surface area contributed by atoms with Crippen molar-refractivity contribution in [3.05, 3.63) is 42.2 Å². The fourth-order valence-electron chi connectivity index (χ4n) is 6.36. The molecule has 4 amide bonds. The van der Waals surface area contributed by atoms with E-state index in [1.54, 1.807) is 36.5 Å². The van der Waals surface area contributed by atoms with Crippen LogP contribution in [0.15, 0.2) is 36.5 Å². The Morgan fingerprint density at radius 3 is 2.21 bits per heavy atom. The maximum Gasteiger partial charge on any atom is 0.315 e. The van der Waals surface area contributed by atoms with E-state index in [2.05, 4.69) is 21.0 Å². The molecule has 1 heterocycles. The minimum atomic E-state index is -0.585. The molecule has 4 saturated carbocycles. The summed E-state index contributed by atoms with van der Waals surface area (Å²) in [6.45, 7) is 0.283. The Bertz CT molecular complexity index is 1030. The molecule has 33 heavy (non-hydrogen) atoms. The maximum absolute atomic E-state index is 12.5. The summed E-state index contributed by atoms with van der Waals surface area (Å²) < 4.78 is 1.54. The highest BCUT2D eigenvalue weighted by atomic mass is 16.2. The van der Waals surface area contributed by atoms with Gasteiger partial charge in [-0.3, -0.25) is 9.59 Å². The van der Waals surface area contributed by atoms with Gasteiger partial charge in [0.1, 0.15) is 5.69 Å². The Morgan fingerprint density at radius 1 is 1.00 bits per heavy atom. The lowest BCUT2D eigenvalue weighted by atomic mass is 9.53. The lowest BCUT2D eigenvalue weighted by molar-refractivity contribution is -0.116. The molecule has 1 aromatic carbocycles. The molecular formula is C24H30N6O3. The highest BCUT2D eigenvalue weighted by molar-refractivity contribution is 5.91. The van der Waals surface area contributed by atoms with Crippen LogP contribution in [0.4, 0.5) is 10.5 Å². The van der Waals surface area contributed by atoms with Gasteiger partial charge in [-0.05, 0) is 86.6 Å². The van der Waals surface area contributed by atoms with Gasteiger partial charge in [0.05, 0.1) is 5.69 Å². The van der Waals surface area contributed by atoms with Crippen molar-refractivity contribution in [2.45, 2.75) is 50.5 Å². The number of nitrogens with two attached hydrogens (primary N) is 1. The second-order valence-electron chi connectivity index (χ2n) is 9.93. The van der Waals surface area contributed by atoms with E-state index in [1.807, 2.05) is 0 Å². The molecule has 174 valence electrons. The molecule has 4 fully saturated rings. The number of carbonyl (C=O) groups is 3. The summed E-state index contributed by atoms with van der Waals surface area (Å²) in [4.78, 5) is 36.0. The maximum atomic E-state index is 12.5. The standard InChI is InChI=1S/C24H30N6O3/c25-22(32)20-6-8-30(29-20)19-3-1-18(2-4-19)27-21(31)5-7-26-23(33)28-24-12-15-9-16(13-24)11-17(10-15)14-24/h1-4,6,8,15-17H,5,7,9-14H2,(H2,25,32)(H,27,31)(H2,26,28,33). The lowest BCUT2D eigenvalue weighted by Crippen LogP contribution is -2.61. The van der Waals surface area contributed by atoms with E-state index in [-0.39, 0.29) is 36.1 Å². The zero-order valence-electron chi connectivity index (χ0n) is 18.5. The molecule has 0 spiro atoms. The number of anilines is 1. The van der Waals surface area contributed by atoms with Crippen molar-refractivity contribution in [2.75, 3.05) is 11.9 Å². The average molecular weight is 451 g/mol. The van der Waals surface area contributed by atoms with Crippen molar-refractivity contribution in [2.24, 2.45) is 23.5 Å². The Balaban J connectivity index is 1.06. The van der Waals surface area contributed by atoms with E-state index < -0.39 is 5.91 Å². The van der Waals surface area contributed by atoms with Gasteiger partial charge in [0.25, 0.3) is 5.91 Å². The van der Waals surface area contributed by atoms with E-state index in [0.29, 0.717) is 5.69 Å². The summed E-state index contributed by atoms with van der Waals surface area (Å²) in [5.41, 5.74) is 6.76. The van der Waals surface area contributed by atoms with E-state index in [4.69, 9.17) is 5.73 Å². The van der Waals surface area contributed by atoms with Crippen molar-refractivity contribution in [1.29, 1.82) is 0 Å². The van der Waals surface area contributed by atoms with Gasteiger partial charge in [-0.1, -0.05) is 0 Å². The van der Waals surface area contributed by atoms with E-state index in [9.17, 15) is 14.4 Å². The number of amides is 4. The number of hydrogen-bond donors (Lipinski definition) is 4. The second-order valence-corrected chi connectivity index (χ2v) is 9.93. The molecule has 0 unspecified atom stereocenters. The van der Waals surface area contributed by atoms with Crippen LogP contribution in [0.1, 0.15) is 55.4 Å². The first-order valence-corrected chi connectivity index (χ1v) is 11.7. The van der Waals surface area contributed by atoms with Crippen molar-refractivity contribution >= 4 is 23.5 Å². The number of benzene rings is 1. The largest absolute Gasteiger partial charge is 0.364 e. The highest BCUT2D eigenvalue weighted by Gasteiger charge is 2.51. The Morgan fingerprint density at radius 2 is 1.64 bits per heavy atom. The van der Waals surface area contributed by atoms with E-state index in [1.165, 1.54) is 23.9 Å². The van der Waals surface area contributed by atoms with Crippen LogP contribution >= 0.6 is 0 Å². The minimum absolute atomic E-state index is 0.0321. The van der Waals surface area contributed by atoms with Crippen LogP contribution in [0, 0.1) is 17.8 Å². The monoisotopic (exact) mass is 450 g/mol. The number of aromatic nitrogens is 2. The third-order valence-electron chi connectivity index (χ3n) is 7.31. The van der Waals surface area contributed by atoms with Crippen LogP contribution in [-0.4, -0.2) is 39.7 Å². The summed E-state index contributed by atoms with van der Waals surface area (Å²) in [7, 11) is 0. The molecule has 0 aliphatic heterocycles. The summed E-state index contributed by atoms with van der Waals surface area (Å²) in [6.07, 6.45) is 9.15. The number of rotatable bonds is 7. The summed E-state index contributed by atoms with van der Waals surface area (Å²) >= 11 is 0. The second kappa shape index (κ2) is 8.53. The molecule has 0 saturated heterocycles. The van der Waals surface area contributed by atoms with Gasteiger partial charge in [0, 0.05) is 30.4 Å². The van der Waals surface area contributed by atoms with Gasteiger partial charge in [-0.2, -0.15) is 5.10 Å². The first-order valence-electron chi connectivity index (χ1n) is 11.7. The molecule has 2 aromatic rings.